The molecule has 142 valence electrons. The summed E-state index contributed by atoms with van der Waals surface area (Å²) < 4.78 is 14.4. The highest BCUT2D eigenvalue weighted by Crippen LogP contribution is 2.30. The van der Waals surface area contributed by atoms with Crippen LogP contribution in [-0.2, 0) is 11.4 Å². The Morgan fingerprint density at radius 2 is 2.11 bits per heavy atom. The molecule has 3 rings (SSSR count). The highest BCUT2D eigenvalue weighted by atomic mass is 35.5. The number of hydrogen-bond donors (Lipinski definition) is 0. The standard InChI is InChI=1S/C20H20Cl2FN3O/c1-2-25-12-16(8-9-27-25)26(13-17-18(21)4-3-5-20(17)23)15-7-6-14(11-24)19(22)10-15/h3-7,10,16H,2,8-9,12-13H2,1H3/t16-/m0/s1. The molecule has 0 aromatic heterocycles. The molecular formula is C20H20Cl2FN3O. The lowest BCUT2D eigenvalue weighted by Crippen LogP contribution is -2.48. The second-order valence-electron chi connectivity index (χ2n) is 6.36. The highest BCUT2D eigenvalue weighted by molar-refractivity contribution is 6.32. The number of rotatable bonds is 5. The van der Waals surface area contributed by atoms with Crippen molar-refractivity contribution in [1.82, 2.24) is 5.06 Å². The van der Waals surface area contributed by atoms with Crippen LogP contribution >= 0.6 is 23.2 Å². The molecule has 7 heteroatoms. The summed E-state index contributed by atoms with van der Waals surface area (Å²) in [6.07, 6.45) is 0.792. The van der Waals surface area contributed by atoms with Crippen molar-refractivity contribution in [2.75, 3.05) is 24.6 Å². The van der Waals surface area contributed by atoms with E-state index in [0.717, 1.165) is 18.7 Å². The molecular weight excluding hydrogens is 388 g/mol. The Morgan fingerprint density at radius 1 is 1.30 bits per heavy atom. The first kappa shape index (κ1) is 19.9. The molecule has 2 aromatic rings. The van der Waals surface area contributed by atoms with Gasteiger partial charge in [0, 0.05) is 41.9 Å². The van der Waals surface area contributed by atoms with Crippen molar-refractivity contribution in [3.63, 3.8) is 0 Å². The minimum atomic E-state index is -0.341. The summed E-state index contributed by atoms with van der Waals surface area (Å²) >= 11 is 12.5. The fraction of sp³-hybridized carbons (Fsp3) is 0.350. The molecule has 0 unspecified atom stereocenters. The van der Waals surface area contributed by atoms with E-state index < -0.39 is 0 Å². The zero-order valence-electron chi connectivity index (χ0n) is 15.0. The molecule has 0 saturated carbocycles. The second kappa shape index (κ2) is 8.90. The summed E-state index contributed by atoms with van der Waals surface area (Å²) in [7, 11) is 0. The second-order valence-corrected chi connectivity index (χ2v) is 7.17. The Labute approximate surface area is 168 Å². The van der Waals surface area contributed by atoms with E-state index in [0.29, 0.717) is 40.9 Å². The van der Waals surface area contributed by atoms with Crippen molar-refractivity contribution in [3.8, 4) is 6.07 Å². The zero-order chi connectivity index (χ0) is 19.4. The molecule has 0 spiro atoms. The number of halogens is 3. The summed E-state index contributed by atoms with van der Waals surface area (Å²) in [5.74, 6) is -0.341. The lowest BCUT2D eigenvalue weighted by Gasteiger charge is -2.40. The van der Waals surface area contributed by atoms with Crippen LogP contribution in [0, 0.1) is 17.1 Å². The van der Waals surface area contributed by atoms with Gasteiger partial charge in [0.25, 0.3) is 0 Å². The lowest BCUT2D eigenvalue weighted by molar-refractivity contribution is -0.182. The van der Waals surface area contributed by atoms with Crippen molar-refractivity contribution < 1.29 is 9.23 Å². The van der Waals surface area contributed by atoms with Crippen LogP contribution in [-0.4, -0.2) is 30.8 Å². The molecule has 0 bridgehead atoms. The van der Waals surface area contributed by atoms with Crippen LogP contribution in [0.4, 0.5) is 10.1 Å². The van der Waals surface area contributed by atoms with E-state index in [1.165, 1.54) is 6.07 Å². The van der Waals surface area contributed by atoms with Gasteiger partial charge < -0.3 is 4.90 Å². The fourth-order valence-electron chi connectivity index (χ4n) is 3.23. The average molecular weight is 408 g/mol. The van der Waals surface area contributed by atoms with Gasteiger partial charge in [-0.05, 0) is 36.8 Å². The third-order valence-corrected chi connectivity index (χ3v) is 5.39. The minimum Gasteiger partial charge on any atom is -0.363 e. The minimum absolute atomic E-state index is 0.0957. The van der Waals surface area contributed by atoms with E-state index >= 15 is 0 Å². The molecule has 0 amide bonds. The van der Waals surface area contributed by atoms with Crippen LogP contribution < -0.4 is 4.90 Å². The number of nitriles is 1. The molecule has 1 saturated heterocycles. The van der Waals surface area contributed by atoms with Gasteiger partial charge in [0.15, 0.2) is 0 Å². The highest BCUT2D eigenvalue weighted by Gasteiger charge is 2.27. The van der Waals surface area contributed by atoms with Gasteiger partial charge in [0.2, 0.25) is 0 Å². The Hall–Kier alpha value is -1.84. The third kappa shape index (κ3) is 4.53. The van der Waals surface area contributed by atoms with Crippen molar-refractivity contribution in [2.24, 2.45) is 0 Å². The van der Waals surface area contributed by atoms with Crippen molar-refractivity contribution in [2.45, 2.75) is 25.9 Å². The molecule has 1 fully saturated rings. The van der Waals surface area contributed by atoms with Crippen LogP contribution in [0.1, 0.15) is 24.5 Å². The van der Waals surface area contributed by atoms with Gasteiger partial charge in [-0.1, -0.05) is 36.2 Å². The number of anilines is 1. The number of hydrogen-bond acceptors (Lipinski definition) is 4. The Bertz CT molecular complexity index is 835. The summed E-state index contributed by atoms with van der Waals surface area (Å²) in [5.41, 5.74) is 1.67. The van der Waals surface area contributed by atoms with Crippen LogP contribution in [0.2, 0.25) is 10.0 Å². The molecule has 2 aromatic carbocycles. The summed E-state index contributed by atoms with van der Waals surface area (Å²) in [4.78, 5) is 7.72. The Kier molecular flexibility index (Phi) is 6.56. The molecule has 1 atom stereocenters. The van der Waals surface area contributed by atoms with Gasteiger partial charge in [-0.25, -0.2) is 4.39 Å². The van der Waals surface area contributed by atoms with Crippen LogP contribution in [0.5, 0.6) is 0 Å². The number of benzene rings is 2. The summed E-state index contributed by atoms with van der Waals surface area (Å²) in [6, 6.07) is 12.1. The quantitative estimate of drug-likeness (QED) is 0.695. The molecule has 0 aliphatic carbocycles. The van der Waals surface area contributed by atoms with E-state index in [4.69, 9.17) is 33.3 Å². The van der Waals surface area contributed by atoms with E-state index in [1.54, 1.807) is 24.3 Å². The third-order valence-electron chi connectivity index (χ3n) is 4.73. The molecule has 4 nitrogen and oxygen atoms in total. The zero-order valence-corrected chi connectivity index (χ0v) is 16.5. The van der Waals surface area contributed by atoms with Gasteiger partial charge >= 0.3 is 0 Å². The first-order valence-corrected chi connectivity index (χ1v) is 9.56. The maximum absolute atomic E-state index is 14.4. The normalized spacial score (nSPS) is 17.5. The molecule has 1 aliphatic heterocycles. The van der Waals surface area contributed by atoms with Crippen molar-refractivity contribution in [3.05, 3.63) is 63.4 Å². The molecule has 1 aliphatic rings. The average Bonchev–Trinajstić information content (AvgIpc) is 2.68. The summed E-state index contributed by atoms with van der Waals surface area (Å²) in [5, 5.41) is 11.8. The predicted octanol–water partition coefficient (Wildman–Crippen LogP) is 5.04. The summed E-state index contributed by atoms with van der Waals surface area (Å²) in [6.45, 7) is 4.36. The first-order valence-electron chi connectivity index (χ1n) is 8.80. The van der Waals surface area contributed by atoms with E-state index in [9.17, 15) is 4.39 Å². The van der Waals surface area contributed by atoms with Crippen LogP contribution in [0.15, 0.2) is 36.4 Å². The Morgan fingerprint density at radius 3 is 2.78 bits per heavy atom. The van der Waals surface area contributed by atoms with Crippen molar-refractivity contribution in [1.29, 1.82) is 5.26 Å². The monoisotopic (exact) mass is 407 g/mol. The van der Waals surface area contributed by atoms with Gasteiger partial charge in [-0.15, -0.1) is 0 Å². The molecule has 0 N–H and O–H groups in total. The number of likely N-dealkylation sites (N-methyl/N-ethyl adjacent to an activating group) is 1. The first-order chi connectivity index (χ1) is 13.0. The SMILES string of the molecule is CCN1C[C@@H](N(Cc2c(F)cccc2Cl)c2ccc(C#N)c(Cl)c2)CCO1. The van der Waals surface area contributed by atoms with Gasteiger partial charge in [0.05, 0.1) is 17.2 Å². The van der Waals surface area contributed by atoms with E-state index in [1.807, 2.05) is 18.1 Å². The predicted molar refractivity (Wildman–Crippen MR) is 105 cm³/mol. The fourth-order valence-corrected chi connectivity index (χ4v) is 3.67. The topological polar surface area (TPSA) is 39.5 Å². The number of hydroxylamine groups is 2. The van der Waals surface area contributed by atoms with E-state index in [2.05, 4.69) is 11.0 Å². The lowest BCUT2D eigenvalue weighted by atomic mass is 10.1. The number of nitrogens with zero attached hydrogens (tertiary/aromatic N) is 3. The largest absolute Gasteiger partial charge is 0.363 e. The van der Waals surface area contributed by atoms with Gasteiger partial charge in [-0.3, -0.25) is 4.84 Å². The Balaban J connectivity index is 1.98. The van der Waals surface area contributed by atoms with Gasteiger partial charge in [-0.2, -0.15) is 10.3 Å². The van der Waals surface area contributed by atoms with Crippen molar-refractivity contribution >= 4 is 28.9 Å². The van der Waals surface area contributed by atoms with E-state index in [-0.39, 0.29) is 11.9 Å². The smallest absolute Gasteiger partial charge is 0.129 e. The maximum atomic E-state index is 14.4. The van der Waals surface area contributed by atoms with Crippen LogP contribution in [0.25, 0.3) is 0 Å². The van der Waals surface area contributed by atoms with Crippen LogP contribution in [0.3, 0.4) is 0 Å². The van der Waals surface area contributed by atoms with Gasteiger partial charge in [0.1, 0.15) is 11.9 Å². The molecule has 0 radical (unpaired) electrons. The molecule has 1 heterocycles. The maximum Gasteiger partial charge on any atom is 0.129 e. The molecule has 27 heavy (non-hydrogen) atoms.